The van der Waals surface area contributed by atoms with Gasteiger partial charge in [-0.15, -0.1) is 11.3 Å². The summed E-state index contributed by atoms with van der Waals surface area (Å²) in [5.74, 6) is 0. The number of benzene rings is 2. The largest absolute Gasteiger partial charge is 0.323 e. The van der Waals surface area contributed by atoms with E-state index in [2.05, 4.69) is 15.4 Å². The van der Waals surface area contributed by atoms with E-state index in [4.69, 9.17) is 23.2 Å². The molecule has 0 bridgehead atoms. The molecule has 2 amide bonds. The maximum Gasteiger partial charge on any atom is 0.323 e. The Bertz CT molecular complexity index is 1700. The van der Waals surface area contributed by atoms with E-state index >= 15 is 0 Å². The van der Waals surface area contributed by atoms with Crippen molar-refractivity contribution in [3.63, 3.8) is 0 Å². The van der Waals surface area contributed by atoms with E-state index in [1.807, 2.05) is 6.07 Å². The summed E-state index contributed by atoms with van der Waals surface area (Å²) < 4.78 is 53.3. The summed E-state index contributed by atoms with van der Waals surface area (Å²) in [7, 11) is -8.46. The highest BCUT2D eigenvalue weighted by atomic mass is 35.5. The Labute approximate surface area is 233 Å². The second-order valence-electron chi connectivity index (χ2n) is 7.94. The fourth-order valence-corrected chi connectivity index (χ4v) is 7.68. The van der Waals surface area contributed by atoms with Crippen LogP contribution in [0.15, 0.2) is 98.7 Å². The number of allylic oxidation sites excluding steroid dienone is 2. The number of hydrogen-bond acceptors (Lipinski definition) is 7. The molecule has 1 heterocycles. The summed E-state index contributed by atoms with van der Waals surface area (Å²) in [5, 5.41) is 16.9. The molecule has 1 aliphatic carbocycles. The summed E-state index contributed by atoms with van der Waals surface area (Å²) in [5.41, 5.74) is -0.0694. The van der Waals surface area contributed by atoms with Crippen LogP contribution in [0, 0.1) is 11.3 Å². The molecule has 0 radical (unpaired) electrons. The lowest BCUT2D eigenvalue weighted by Crippen LogP contribution is -2.42. The molecule has 9 nitrogen and oxygen atoms in total. The van der Waals surface area contributed by atoms with Crippen LogP contribution in [0.3, 0.4) is 0 Å². The Morgan fingerprint density at radius 3 is 2.37 bits per heavy atom. The van der Waals surface area contributed by atoms with Gasteiger partial charge < -0.3 is 10.6 Å². The Kier molecular flexibility index (Phi) is 7.87. The quantitative estimate of drug-likeness (QED) is 0.341. The van der Waals surface area contributed by atoms with Crippen molar-refractivity contribution in [1.82, 2.24) is 10.0 Å². The molecule has 0 saturated heterocycles. The highest BCUT2D eigenvalue weighted by Crippen LogP contribution is 2.37. The smallest absolute Gasteiger partial charge is 0.306 e. The molecule has 1 atom stereocenters. The molecule has 196 valence electrons. The van der Waals surface area contributed by atoms with Crippen molar-refractivity contribution in [3.05, 3.63) is 99.6 Å². The number of anilines is 1. The number of sulfonamides is 1. The highest BCUT2D eigenvalue weighted by Gasteiger charge is 2.46. The standard InChI is InChI=1S/C24H18Cl2N4O5S3/c25-17-8-4-9-19(22(17)26)29-23(31)28-18-11-12-24(15-27,37(32,33)16-6-2-1-3-7-16)14-20(18)30-38(34,35)21-10-5-13-36-21/h1-13,30H,14H2,(H2,28,29,31). The molecule has 4 rings (SSSR count). The topological polar surface area (TPSA) is 145 Å². The van der Waals surface area contributed by atoms with Gasteiger partial charge in [-0.25, -0.2) is 21.6 Å². The predicted octanol–water partition coefficient (Wildman–Crippen LogP) is 5.06. The minimum Gasteiger partial charge on any atom is -0.306 e. The Morgan fingerprint density at radius 1 is 0.974 bits per heavy atom. The van der Waals surface area contributed by atoms with E-state index in [-0.39, 0.29) is 36.2 Å². The number of sulfone groups is 1. The molecular formula is C24H18Cl2N4O5S3. The molecular weight excluding hydrogens is 591 g/mol. The second kappa shape index (κ2) is 10.8. The van der Waals surface area contributed by atoms with Gasteiger partial charge in [0.25, 0.3) is 10.0 Å². The third-order valence-corrected chi connectivity index (χ3v) is 11.3. The first-order chi connectivity index (χ1) is 18.0. The van der Waals surface area contributed by atoms with Crippen molar-refractivity contribution in [2.75, 3.05) is 5.32 Å². The highest BCUT2D eigenvalue weighted by molar-refractivity contribution is 7.93. The first-order valence-electron chi connectivity index (χ1n) is 10.7. The first kappa shape index (κ1) is 27.7. The number of urea groups is 1. The number of nitrogens with zero attached hydrogens (tertiary/aromatic N) is 1. The number of carbonyl (C=O) groups excluding carboxylic acids is 1. The molecule has 1 aliphatic rings. The zero-order valence-electron chi connectivity index (χ0n) is 19.2. The second-order valence-corrected chi connectivity index (χ2v) is 13.8. The molecule has 14 heteroatoms. The van der Waals surface area contributed by atoms with Crippen LogP contribution in [0.4, 0.5) is 10.5 Å². The first-order valence-corrected chi connectivity index (χ1v) is 15.3. The van der Waals surface area contributed by atoms with Crippen molar-refractivity contribution >= 4 is 66.1 Å². The van der Waals surface area contributed by atoms with Gasteiger partial charge in [0.05, 0.1) is 38.1 Å². The van der Waals surface area contributed by atoms with Crippen LogP contribution in [0.2, 0.25) is 10.0 Å². The fourth-order valence-electron chi connectivity index (χ4n) is 3.58. The van der Waals surface area contributed by atoms with Crippen LogP contribution in [0.25, 0.3) is 0 Å². The van der Waals surface area contributed by atoms with Crippen LogP contribution in [0.1, 0.15) is 6.42 Å². The molecule has 0 fully saturated rings. The van der Waals surface area contributed by atoms with Crippen molar-refractivity contribution in [2.45, 2.75) is 20.3 Å². The number of nitrogens with one attached hydrogen (secondary N) is 3. The number of hydrogen-bond donors (Lipinski definition) is 3. The molecule has 38 heavy (non-hydrogen) atoms. The van der Waals surface area contributed by atoms with Gasteiger partial charge in [0.2, 0.25) is 9.84 Å². The van der Waals surface area contributed by atoms with Crippen LogP contribution >= 0.6 is 34.5 Å². The summed E-state index contributed by atoms with van der Waals surface area (Å²) in [6.07, 6.45) is 1.72. The molecule has 1 aromatic heterocycles. The van der Waals surface area contributed by atoms with Gasteiger partial charge in [0.15, 0.2) is 4.75 Å². The molecule has 0 aliphatic heterocycles. The van der Waals surface area contributed by atoms with Crippen LogP contribution < -0.4 is 15.4 Å². The average molecular weight is 610 g/mol. The van der Waals surface area contributed by atoms with Gasteiger partial charge in [-0.1, -0.05) is 53.5 Å². The van der Waals surface area contributed by atoms with E-state index in [9.17, 15) is 26.9 Å². The summed E-state index contributed by atoms with van der Waals surface area (Å²) in [6, 6.07) is 15.9. The normalized spacial score (nSPS) is 17.5. The Balaban J connectivity index is 1.73. The van der Waals surface area contributed by atoms with Crippen LogP contribution in [-0.4, -0.2) is 27.6 Å². The summed E-state index contributed by atoms with van der Waals surface area (Å²) >= 11 is 13.1. The number of amides is 2. The summed E-state index contributed by atoms with van der Waals surface area (Å²) in [6.45, 7) is 0. The lowest BCUT2D eigenvalue weighted by molar-refractivity contribution is 0.254. The van der Waals surface area contributed by atoms with E-state index in [0.717, 1.165) is 17.4 Å². The molecule has 3 aromatic rings. The zero-order chi connectivity index (χ0) is 27.6. The van der Waals surface area contributed by atoms with Crippen molar-refractivity contribution < 1.29 is 21.6 Å². The maximum absolute atomic E-state index is 13.5. The molecule has 3 N–H and O–H groups in total. The van der Waals surface area contributed by atoms with Gasteiger partial charge in [-0.05, 0) is 47.9 Å². The number of carbonyl (C=O) groups is 1. The SMILES string of the molecule is N#CC1(S(=O)(=O)c2ccccc2)C=CC(NC(=O)Nc2cccc(Cl)c2Cl)=C(NS(=O)(=O)c2cccs2)C1. The fraction of sp³-hybridized carbons (Fsp3) is 0.0833. The van der Waals surface area contributed by atoms with Crippen LogP contribution in [0.5, 0.6) is 0 Å². The van der Waals surface area contributed by atoms with Crippen LogP contribution in [-0.2, 0) is 19.9 Å². The lowest BCUT2D eigenvalue weighted by atomic mass is 9.97. The van der Waals surface area contributed by atoms with Gasteiger partial charge in [0.1, 0.15) is 4.21 Å². The summed E-state index contributed by atoms with van der Waals surface area (Å²) in [4.78, 5) is 12.7. The van der Waals surface area contributed by atoms with Gasteiger partial charge in [0, 0.05) is 6.42 Å². The Morgan fingerprint density at radius 2 is 1.71 bits per heavy atom. The lowest BCUT2D eigenvalue weighted by Gasteiger charge is -2.29. The zero-order valence-corrected chi connectivity index (χ0v) is 23.1. The van der Waals surface area contributed by atoms with E-state index in [0.29, 0.717) is 0 Å². The number of nitriles is 1. The van der Waals surface area contributed by atoms with Crippen molar-refractivity contribution in [2.24, 2.45) is 0 Å². The third-order valence-electron chi connectivity index (χ3n) is 5.47. The van der Waals surface area contributed by atoms with Gasteiger partial charge in [-0.3, -0.25) is 4.72 Å². The molecule has 2 aromatic carbocycles. The van der Waals surface area contributed by atoms with E-state index < -0.39 is 37.1 Å². The minimum absolute atomic E-state index is 0.0393. The molecule has 0 spiro atoms. The monoisotopic (exact) mass is 608 g/mol. The van der Waals surface area contributed by atoms with Crippen molar-refractivity contribution in [1.29, 1.82) is 5.26 Å². The van der Waals surface area contributed by atoms with Crippen molar-refractivity contribution in [3.8, 4) is 6.07 Å². The van der Waals surface area contributed by atoms with Gasteiger partial charge >= 0.3 is 6.03 Å². The Hall–Kier alpha value is -3.34. The maximum atomic E-state index is 13.5. The predicted molar refractivity (Wildman–Crippen MR) is 146 cm³/mol. The van der Waals surface area contributed by atoms with Gasteiger partial charge in [-0.2, -0.15) is 5.26 Å². The number of thiophene rings is 1. The number of rotatable bonds is 7. The molecule has 0 saturated carbocycles. The minimum atomic E-state index is -4.30. The van der Waals surface area contributed by atoms with E-state index in [1.54, 1.807) is 17.5 Å². The number of halogens is 2. The average Bonchev–Trinajstić information content (AvgIpc) is 3.44. The molecule has 1 unspecified atom stereocenters. The van der Waals surface area contributed by atoms with E-state index in [1.165, 1.54) is 54.6 Å². The third kappa shape index (κ3) is 5.43.